The Morgan fingerprint density at radius 3 is 2.04 bits per heavy atom. The SMILES string of the molecule is CC(c1ccccc1)C(NC(=O)Cc1ccccc1)S(=O)(=O)[O-].[Na+]. The second kappa shape index (κ2) is 9.34. The minimum Gasteiger partial charge on any atom is -0.746 e. The Kier molecular flexibility index (Phi) is 8.12. The molecule has 122 valence electrons. The summed E-state index contributed by atoms with van der Waals surface area (Å²) in [5.41, 5.74) is 1.43. The van der Waals surface area contributed by atoms with Crippen LogP contribution in [0.3, 0.4) is 0 Å². The van der Waals surface area contributed by atoms with E-state index in [-0.39, 0.29) is 36.0 Å². The topological polar surface area (TPSA) is 86.3 Å². The fourth-order valence-electron chi connectivity index (χ4n) is 2.37. The maximum Gasteiger partial charge on any atom is 1.00 e. The molecule has 2 aromatic rings. The van der Waals surface area contributed by atoms with Gasteiger partial charge in [0.1, 0.15) is 15.5 Å². The molecule has 7 heteroatoms. The molecule has 2 aromatic carbocycles. The number of amides is 1. The van der Waals surface area contributed by atoms with Crippen molar-refractivity contribution in [3.05, 3.63) is 71.8 Å². The molecule has 0 fully saturated rings. The summed E-state index contributed by atoms with van der Waals surface area (Å²) >= 11 is 0. The molecule has 2 rings (SSSR count). The number of nitrogens with one attached hydrogen (secondary N) is 1. The Morgan fingerprint density at radius 1 is 1.04 bits per heavy atom. The maximum atomic E-state index is 12.1. The first-order valence-electron chi connectivity index (χ1n) is 7.21. The van der Waals surface area contributed by atoms with E-state index in [0.29, 0.717) is 5.56 Å². The smallest absolute Gasteiger partial charge is 0.746 e. The molecular weight excluding hydrogens is 337 g/mol. The third-order valence-electron chi connectivity index (χ3n) is 3.60. The molecule has 5 nitrogen and oxygen atoms in total. The first-order chi connectivity index (χ1) is 10.9. The average molecular weight is 355 g/mol. The van der Waals surface area contributed by atoms with Crippen LogP contribution in [0.2, 0.25) is 0 Å². The van der Waals surface area contributed by atoms with Gasteiger partial charge in [0.05, 0.1) is 6.42 Å². The fraction of sp³-hybridized carbons (Fsp3) is 0.235. The summed E-state index contributed by atoms with van der Waals surface area (Å²) in [6.07, 6.45) is 0.0222. The summed E-state index contributed by atoms with van der Waals surface area (Å²) in [7, 11) is -4.68. The Hall–Kier alpha value is -1.18. The zero-order valence-corrected chi connectivity index (χ0v) is 16.5. The Labute approximate surface area is 164 Å². The Balaban J connectivity index is 0.00000288. The molecule has 24 heavy (non-hydrogen) atoms. The van der Waals surface area contributed by atoms with E-state index in [9.17, 15) is 17.8 Å². The fourth-order valence-corrected chi connectivity index (χ4v) is 3.30. The van der Waals surface area contributed by atoms with E-state index in [2.05, 4.69) is 5.32 Å². The first-order valence-corrected chi connectivity index (χ1v) is 8.68. The molecular formula is C17H18NNaO4S. The van der Waals surface area contributed by atoms with Gasteiger partial charge in [0, 0.05) is 5.92 Å². The predicted molar refractivity (Wildman–Crippen MR) is 86.6 cm³/mol. The minimum atomic E-state index is -4.68. The van der Waals surface area contributed by atoms with Gasteiger partial charge in [-0.3, -0.25) is 4.79 Å². The van der Waals surface area contributed by atoms with Crippen LogP contribution < -0.4 is 34.9 Å². The van der Waals surface area contributed by atoms with Crippen LogP contribution in [0.15, 0.2) is 60.7 Å². The standard InChI is InChI=1S/C17H19NO4S.Na/c1-13(15-10-6-3-7-11-15)17(23(20,21)22)18-16(19)12-14-8-4-2-5-9-14;/h2-11,13,17H,12H2,1H3,(H,18,19)(H,20,21,22);/q;+1/p-1. The molecule has 1 N–H and O–H groups in total. The van der Waals surface area contributed by atoms with Crippen LogP contribution in [-0.2, 0) is 21.3 Å². The monoisotopic (exact) mass is 355 g/mol. The summed E-state index contributed by atoms with van der Waals surface area (Å²) in [6, 6.07) is 17.7. The molecule has 0 heterocycles. The maximum absolute atomic E-state index is 12.1. The molecule has 0 saturated heterocycles. The van der Waals surface area contributed by atoms with Gasteiger partial charge in [-0.25, -0.2) is 8.42 Å². The van der Waals surface area contributed by atoms with Gasteiger partial charge in [-0.05, 0) is 11.1 Å². The normalized spacial score (nSPS) is 13.4. The van der Waals surface area contributed by atoms with Gasteiger partial charge in [-0.2, -0.15) is 0 Å². The van der Waals surface area contributed by atoms with Crippen molar-refractivity contribution in [3.8, 4) is 0 Å². The number of benzene rings is 2. The van der Waals surface area contributed by atoms with Gasteiger partial charge >= 0.3 is 29.6 Å². The van der Waals surface area contributed by atoms with E-state index in [4.69, 9.17) is 0 Å². The van der Waals surface area contributed by atoms with E-state index >= 15 is 0 Å². The predicted octanol–water partition coefficient (Wildman–Crippen LogP) is -0.976. The van der Waals surface area contributed by atoms with Gasteiger partial charge in [0.25, 0.3) is 0 Å². The molecule has 0 aliphatic heterocycles. The second-order valence-electron chi connectivity index (χ2n) is 5.34. The molecule has 0 aromatic heterocycles. The second-order valence-corrected chi connectivity index (χ2v) is 6.84. The number of carbonyl (C=O) groups excluding carboxylic acids is 1. The van der Waals surface area contributed by atoms with Crippen LogP contribution >= 0.6 is 0 Å². The van der Waals surface area contributed by atoms with Crippen LogP contribution in [-0.4, -0.2) is 24.3 Å². The summed E-state index contributed by atoms with van der Waals surface area (Å²) in [5.74, 6) is -1.14. The van der Waals surface area contributed by atoms with Crippen LogP contribution in [0.5, 0.6) is 0 Å². The van der Waals surface area contributed by atoms with Crippen LogP contribution in [0.1, 0.15) is 24.0 Å². The van der Waals surface area contributed by atoms with E-state index in [1.165, 1.54) is 0 Å². The van der Waals surface area contributed by atoms with Crippen LogP contribution in [0.4, 0.5) is 0 Å². The summed E-state index contributed by atoms with van der Waals surface area (Å²) < 4.78 is 34.7. The number of hydrogen-bond donors (Lipinski definition) is 1. The Bertz CT molecular complexity index is 751. The van der Waals surface area contributed by atoms with E-state index in [1.807, 2.05) is 6.07 Å². The Morgan fingerprint density at radius 2 is 1.54 bits per heavy atom. The molecule has 0 saturated carbocycles. The molecule has 0 aliphatic rings. The first kappa shape index (κ1) is 20.9. The zero-order chi connectivity index (χ0) is 16.9. The molecule has 1 amide bonds. The molecule has 2 atom stereocenters. The van der Waals surface area contributed by atoms with Gasteiger partial charge in [0.2, 0.25) is 5.91 Å². The largest absolute Gasteiger partial charge is 1.00 e. The van der Waals surface area contributed by atoms with Crippen molar-refractivity contribution in [3.63, 3.8) is 0 Å². The quantitative estimate of drug-likeness (QED) is 0.533. The van der Waals surface area contributed by atoms with Gasteiger partial charge in [-0.15, -0.1) is 0 Å². The molecule has 2 unspecified atom stereocenters. The van der Waals surface area contributed by atoms with E-state index < -0.39 is 27.3 Å². The number of hydrogen-bond acceptors (Lipinski definition) is 4. The minimum absolute atomic E-state index is 0. The third kappa shape index (κ3) is 6.03. The third-order valence-corrected chi connectivity index (χ3v) is 4.75. The van der Waals surface area contributed by atoms with Crippen molar-refractivity contribution in [1.82, 2.24) is 5.32 Å². The molecule has 0 spiro atoms. The van der Waals surface area contributed by atoms with Crippen molar-refractivity contribution in [1.29, 1.82) is 0 Å². The molecule has 0 radical (unpaired) electrons. The van der Waals surface area contributed by atoms with E-state index in [0.717, 1.165) is 5.56 Å². The van der Waals surface area contributed by atoms with Crippen molar-refractivity contribution in [2.24, 2.45) is 0 Å². The number of rotatable bonds is 6. The zero-order valence-electron chi connectivity index (χ0n) is 13.7. The van der Waals surface area contributed by atoms with Crippen molar-refractivity contribution >= 4 is 16.0 Å². The summed E-state index contributed by atoms with van der Waals surface area (Å²) in [6.45, 7) is 1.61. The average Bonchev–Trinajstić information content (AvgIpc) is 2.53. The van der Waals surface area contributed by atoms with E-state index in [1.54, 1.807) is 61.5 Å². The van der Waals surface area contributed by atoms with Crippen LogP contribution in [0.25, 0.3) is 0 Å². The molecule has 0 bridgehead atoms. The van der Waals surface area contributed by atoms with Crippen LogP contribution in [0, 0.1) is 0 Å². The van der Waals surface area contributed by atoms with Crippen molar-refractivity contribution < 1.29 is 47.3 Å². The van der Waals surface area contributed by atoms with Gasteiger partial charge in [-0.1, -0.05) is 67.6 Å². The van der Waals surface area contributed by atoms with Crippen molar-refractivity contribution in [2.75, 3.05) is 0 Å². The van der Waals surface area contributed by atoms with Gasteiger partial charge < -0.3 is 9.87 Å². The van der Waals surface area contributed by atoms with Crippen molar-refractivity contribution in [2.45, 2.75) is 24.6 Å². The number of carbonyl (C=O) groups is 1. The summed E-state index contributed by atoms with van der Waals surface area (Å²) in [5, 5.41) is 0.865. The molecule has 0 aliphatic carbocycles. The van der Waals surface area contributed by atoms with Gasteiger partial charge in [0.15, 0.2) is 0 Å². The summed E-state index contributed by atoms with van der Waals surface area (Å²) in [4.78, 5) is 12.1.